The molecule has 0 aromatic carbocycles. The second-order valence-electron chi connectivity index (χ2n) is 7.93. The highest BCUT2D eigenvalue weighted by atomic mass is 32.2. The summed E-state index contributed by atoms with van der Waals surface area (Å²) in [7, 11) is 0. The van der Waals surface area contributed by atoms with Crippen LogP contribution in [-0.2, 0) is 9.53 Å². The molecule has 4 rings (SSSR count). The van der Waals surface area contributed by atoms with E-state index in [1.807, 2.05) is 12.1 Å². The van der Waals surface area contributed by atoms with E-state index in [2.05, 4.69) is 11.8 Å². The third-order valence-corrected chi connectivity index (χ3v) is 7.07. The number of unbranched alkanes of at least 4 members (excludes halogenated alkanes) is 4. The first-order valence-corrected chi connectivity index (χ1v) is 12.4. The van der Waals surface area contributed by atoms with E-state index >= 15 is 0 Å². The second-order valence-corrected chi connectivity index (χ2v) is 9.61. The summed E-state index contributed by atoms with van der Waals surface area (Å²) in [5, 5.41) is 0. The highest BCUT2D eigenvalue weighted by Crippen LogP contribution is 2.33. The van der Waals surface area contributed by atoms with Gasteiger partial charge in [-0.25, -0.2) is 4.98 Å². The van der Waals surface area contributed by atoms with Crippen LogP contribution in [-0.4, -0.2) is 57.4 Å². The van der Waals surface area contributed by atoms with Crippen molar-refractivity contribution >= 4 is 51.7 Å². The number of morpholine rings is 1. The van der Waals surface area contributed by atoms with Crippen LogP contribution in [0.25, 0.3) is 11.7 Å². The normalized spacial score (nSPS) is 18.3. The van der Waals surface area contributed by atoms with E-state index in [-0.39, 0.29) is 11.5 Å². The number of thiocarbonyl (C=S) groups is 1. The van der Waals surface area contributed by atoms with E-state index in [9.17, 15) is 9.59 Å². The number of aromatic nitrogens is 2. The highest BCUT2D eigenvalue weighted by molar-refractivity contribution is 8.26. The number of thioether (sulfide) groups is 1. The topological polar surface area (TPSA) is 67.2 Å². The average molecular weight is 473 g/mol. The number of hydrogen-bond donors (Lipinski definition) is 0. The second kappa shape index (κ2) is 10.6. The standard InChI is InChI=1S/C23H28N4O3S2/c1-2-3-4-5-7-11-27-22(29)18(32-23(27)31)16-17-20(25-12-14-30-15-13-25)24-19-9-6-8-10-26(19)21(17)28/h6,8-10,16H,2-5,7,11-15H2,1H3/b18-16+. The quantitative estimate of drug-likeness (QED) is 0.330. The van der Waals surface area contributed by atoms with Gasteiger partial charge in [0.05, 0.1) is 23.7 Å². The van der Waals surface area contributed by atoms with E-state index < -0.39 is 0 Å². The summed E-state index contributed by atoms with van der Waals surface area (Å²) in [6.07, 6.45) is 8.96. The molecule has 0 saturated carbocycles. The van der Waals surface area contributed by atoms with Crippen molar-refractivity contribution in [2.24, 2.45) is 0 Å². The summed E-state index contributed by atoms with van der Waals surface area (Å²) in [6, 6.07) is 5.47. The number of carbonyl (C=O) groups is 1. The summed E-state index contributed by atoms with van der Waals surface area (Å²) < 4.78 is 7.54. The number of hydrogen-bond acceptors (Lipinski definition) is 7. The maximum atomic E-state index is 13.4. The molecule has 2 aromatic heterocycles. The smallest absolute Gasteiger partial charge is 0.267 e. The largest absolute Gasteiger partial charge is 0.378 e. The van der Waals surface area contributed by atoms with Gasteiger partial charge in [-0.15, -0.1) is 0 Å². The minimum atomic E-state index is -0.193. The molecular weight excluding hydrogens is 444 g/mol. The summed E-state index contributed by atoms with van der Waals surface area (Å²) in [5.41, 5.74) is 0.803. The number of amides is 1. The minimum absolute atomic E-state index is 0.124. The van der Waals surface area contributed by atoms with E-state index in [1.54, 1.807) is 23.2 Å². The lowest BCUT2D eigenvalue weighted by Crippen LogP contribution is -2.38. The van der Waals surface area contributed by atoms with Gasteiger partial charge in [0.1, 0.15) is 15.8 Å². The van der Waals surface area contributed by atoms with E-state index in [4.69, 9.17) is 21.9 Å². The fourth-order valence-electron chi connectivity index (χ4n) is 3.93. The Labute approximate surface area is 197 Å². The van der Waals surface area contributed by atoms with Crippen molar-refractivity contribution in [2.45, 2.75) is 39.0 Å². The molecule has 2 aromatic rings. The minimum Gasteiger partial charge on any atom is -0.378 e. The molecule has 170 valence electrons. The maximum Gasteiger partial charge on any atom is 0.267 e. The molecule has 32 heavy (non-hydrogen) atoms. The molecule has 7 nitrogen and oxygen atoms in total. The number of ether oxygens (including phenoxy) is 1. The van der Waals surface area contributed by atoms with Crippen molar-refractivity contribution in [1.29, 1.82) is 0 Å². The Morgan fingerprint density at radius 1 is 1.16 bits per heavy atom. The third kappa shape index (κ3) is 4.89. The Morgan fingerprint density at radius 3 is 2.72 bits per heavy atom. The Hall–Kier alpha value is -2.23. The first-order valence-electron chi connectivity index (χ1n) is 11.2. The molecule has 9 heteroatoms. The molecule has 0 aliphatic carbocycles. The zero-order valence-electron chi connectivity index (χ0n) is 18.3. The maximum absolute atomic E-state index is 13.4. The van der Waals surface area contributed by atoms with Crippen LogP contribution in [0.4, 0.5) is 5.82 Å². The molecule has 4 heterocycles. The molecular formula is C23H28N4O3S2. The van der Waals surface area contributed by atoms with Gasteiger partial charge >= 0.3 is 0 Å². The average Bonchev–Trinajstić information content (AvgIpc) is 3.08. The zero-order valence-corrected chi connectivity index (χ0v) is 19.9. The fourth-order valence-corrected chi connectivity index (χ4v) is 5.22. The van der Waals surface area contributed by atoms with Crippen molar-refractivity contribution < 1.29 is 9.53 Å². The van der Waals surface area contributed by atoms with Crippen LogP contribution < -0.4 is 10.5 Å². The van der Waals surface area contributed by atoms with Crippen LogP contribution in [0.15, 0.2) is 34.1 Å². The van der Waals surface area contributed by atoms with Crippen LogP contribution in [0.3, 0.4) is 0 Å². The molecule has 1 amide bonds. The molecule has 0 spiro atoms. The number of nitrogens with zero attached hydrogens (tertiary/aromatic N) is 4. The molecule has 2 aliphatic heterocycles. The number of carbonyl (C=O) groups excluding carboxylic acids is 1. The van der Waals surface area contributed by atoms with Gasteiger partial charge in [0.15, 0.2) is 0 Å². The van der Waals surface area contributed by atoms with Crippen molar-refractivity contribution in [3.8, 4) is 0 Å². The Balaban J connectivity index is 1.65. The van der Waals surface area contributed by atoms with Gasteiger partial charge in [0.2, 0.25) is 0 Å². The van der Waals surface area contributed by atoms with Gasteiger partial charge in [-0.1, -0.05) is 62.7 Å². The van der Waals surface area contributed by atoms with Crippen molar-refractivity contribution in [3.63, 3.8) is 0 Å². The summed E-state index contributed by atoms with van der Waals surface area (Å²) in [4.78, 5) is 35.4. The summed E-state index contributed by atoms with van der Waals surface area (Å²) in [6.45, 7) is 5.26. The van der Waals surface area contributed by atoms with Crippen LogP contribution in [0.2, 0.25) is 0 Å². The Bertz CT molecular complexity index is 1090. The van der Waals surface area contributed by atoms with Gasteiger partial charge in [-0.2, -0.15) is 0 Å². The fraction of sp³-hybridized carbons (Fsp3) is 0.478. The lowest BCUT2D eigenvalue weighted by molar-refractivity contribution is -0.122. The highest BCUT2D eigenvalue weighted by Gasteiger charge is 2.32. The predicted molar refractivity (Wildman–Crippen MR) is 133 cm³/mol. The third-order valence-electron chi connectivity index (χ3n) is 5.69. The Kier molecular flexibility index (Phi) is 7.59. The van der Waals surface area contributed by atoms with Gasteiger partial charge in [-0.3, -0.25) is 18.9 Å². The summed E-state index contributed by atoms with van der Waals surface area (Å²) in [5.74, 6) is 0.468. The summed E-state index contributed by atoms with van der Waals surface area (Å²) >= 11 is 6.74. The number of rotatable bonds is 8. The van der Waals surface area contributed by atoms with Crippen LogP contribution in [0, 0.1) is 0 Å². The molecule has 0 atom stereocenters. The SMILES string of the molecule is CCCCCCCN1C(=O)/C(=C\c2c(N3CCOCC3)nc3ccccn3c2=O)SC1=S. The van der Waals surface area contributed by atoms with E-state index in [0.29, 0.717) is 59.1 Å². The number of fused-ring (bicyclic) bond motifs is 1. The van der Waals surface area contributed by atoms with Crippen molar-refractivity contribution in [1.82, 2.24) is 14.3 Å². The van der Waals surface area contributed by atoms with E-state index in [0.717, 1.165) is 12.8 Å². The van der Waals surface area contributed by atoms with Crippen LogP contribution in [0.1, 0.15) is 44.6 Å². The first-order chi connectivity index (χ1) is 15.6. The zero-order chi connectivity index (χ0) is 22.5. The molecule has 0 radical (unpaired) electrons. The predicted octanol–water partition coefficient (Wildman–Crippen LogP) is 3.70. The van der Waals surface area contributed by atoms with Crippen LogP contribution >= 0.6 is 24.0 Å². The molecule has 2 fully saturated rings. The number of anilines is 1. The van der Waals surface area contributed by atoms with Crippen LogP contribution in [0.5, 0.6) is 0 Å². The van der Waals surface area contributed by atoms with Gasteiger partial charge in [-0.05, 0) is 24.6 Å². The number of pyridine rings is 1. The first kappa shape index (κ1) is 22.9. The molecule has 2 aliphatic rings. The lowest BCUT2D eigenvalue weighted by Gasteiger charge is -2.29. The van der Waals surface area contributed by atoms with Crippen molar-refractivity contribution in [2.75, 3.05) is 37.7 Å². The molecule has 0 unspecified atom stereocenters. The molecule has 0 N–H and O–H groups in total. The van der Waals surface area contributed by atoms with E-state index in [1.165, 1.54) is 35.4 Å². The lowest BCUT2D eigenvalue weighted by atomic mass is 10.1. The van der Waals surface area contributed by atoms with Crippen molar-refractivity contribution in [3.05, 3.63) is 45.2 Å². The monoisotopic (exact) mass is 472 g/mol. The van der Waals surface area contributed by atoms with Gasteiger partial charge < -0.3 is 9.64 Å². The molecule has 0 bridgehead atoms. The molecule has 2 saturated heterocycles. The Morgan fingerprint density at radius 2 is 1.94 bits per heavy atom. The van der Waals surface area contributed by atoms with Gasteiger partial charge in [0.25, 0.3) is 11.5 Å². The van der Waals surface area contributed by atoms with Gasteiger partial charge in [0, 0.05) is 25.8 Å².